The monoisotopic (exact) mass is 388 g/mol. The van der Waals surface area contributed by atoms with Gasteiger partial charge in [-0.3, -0.25) is 14.5 Å². The molecule has 1 atom stereocenters. The number of nitrogens with two attached hydrogens (primary N) is 1. The summed E-state index contributed by atoms with van der Waals surface area (Å²) in [6, 6.07) is 7.07. The van der Waals surface area contributed by atoms with Crippen molar-refractivity contribution in [1.29, 1.82) is 5.26 Å². The zero-order valence-electron chi connectivity index (χ0n) is 15.9. The number of halogens is 1. The van der Waals surface area contributed by atoms with Gasteiger partial charge in [0.1, 0.15) is 11.9 Å². The smallest absolute Gasteiger partial charge is 0.242 e. The van der Waals surface area contributed by atoms with Crippen molar-refractivity contribution >= 4 is 17.5 Å². The summed E-state index contributed by atoms with van der Waals surface area (Å²) >= 11 is 0. The van der Waals surface area contributed by atoms with Crippen LogP contribution in [0, 0.1) is 17.1 Å². The third-order valence-corrected chi connectivity index (χ3v) is 4.76. The van der Waals surface area contributed by atoms with E-state index in [1.165, 1.54) is 24.3 Å². The third kappa shape index (κ3) is 5.15. The zero-order chi connectivity index (χ0) is 20.7. The molecule has 1 unspecified atom stereocenters. The lowest BCUT2D eigenvalue weighted by Crippen LogP contribution is -2.61. The normalized spacial score (nSPS) is 16.5. The van der Waals surface area contributed by atoms with Crippen molar-refractivity contribution < 1.29 is 18.7 Å². The SMILES string of the molecule is C=C(CC)CC(=O)N(c1ccc(F)cc1)C(C#N)NC(=O)C1(N)CCOCC1. The lowest BCUT2D eigenvalue weighted by Gasteiger charge is -2.35. The van der Waals surface area contributed by atoms with Crippen molar-refractivity contribution in [2.75, 3.05) is 18.1 Å². The first-order valence-electron chi connectivity index (χ1n) is 9.12. The molecule has 150 valence electrons. The van der Waals surface area contributed by atoms with Crippen LogP contribution < -0.4 is 16.0 Å². The van der Waals surface area contributed by atoms with Crippen LogP contribution in [0.1, 0.15) is 32.6 Å². The summed E-state index contributed by atoms with van der Waals surface area (Å²) in [5.74, 6) is -1.44. The predicted octanol–water partition coefficient (Wildman–Crippen LogP) is 1.99. The first-order valence-corrected chi connectivity index (χ1v) is 9.12. The topological polar surface area (TPSA) is 108 Å². The summed E-state index contributed by atoms with van der Waals surface area (Å²) in [5.41, 5.74) is 5.98. The Kier molecular flexibility index (Phi) is 7.26. The van der Waals surface area contributed by atoms with Crippen LogP contribution in [-0.4, -0.2) is 36.7 Å². The fourth-order valence-electron chi connectivity index (χ4n) is 2.85. The zero-order valence-corrected chi connectivity index (χ0v) is 15.9. The number of nitrogens with zero attached hydrogens (tertiary/aromatic N) is 2. The highest BCUT2D eigenvalue weighted by Crippen LogP contribution is 2.22. The highest BCUT2D eigenvalue weighted by Gasteiger charge is 2.38. The molecule has 0 bridgehead atoms. The van der Waals surface area contributed by atoms with E-state index in [4.69, 9.17) is 10.5 Å². The fraction of sp³-hybridized carbons (Fsp3) is 0.450. The first kappa shape index (κ1) is 21.5. The van der Waals surface area contributed by atoms with Gasteiger partial charge in [0.2, 0.25) is 11.8 Å². The van der Waals surface area contributed by atoms with Gasteiger partial charge in [0.05, 0.1) is 5.54 Å². The van der Waals surface area contributed by atoms with E-state index in [9.17, 15) is 19.2 Å². The Morgan fingerprint density at radius 3 is 2.54 bits per heavy atom. The Labute approximate surface area is 163 Å². The van der Waals surface area contributed by atoms with Crippen molar-refractivity contribution in [3.63, 3.8) is 0 Å². The van der Waals surface area contributed by atoms with E-state index in [1.807, 2.05) is 13.0 Å². The Bertz CT molecular complexity index is 767. The second kappa shape index (κ2) is 9.44. The molecule has 8 heteroatoms. The third-order valence-electron chi connectivity index (χ3n) is 4.76. The number of nitrogens with one attached hydrogen (secondary N) is 1. The van der Waals surface area contributed by atoms with E-state index >= 15 is 0 Å². The van der Waals surface area contributed by atoms with Crippen LogP contribution in [-0.2, 0) is 14.3 Å². The fourth-order valence-corrected chi connectivity index (χ4v) is 2.85. The Hall–Kier alpha value is -2.76. The molecule has 0 aromatic heterocycles. The van der Waals surface area contributed by atoms with Gasteiger partial charge < -0.3 is 15.8 Å². The van der Waals surface area contributed by atoms with Crippen LogP contribution in [0.3, 0.4) is 0 Å². The molecule has 3 N–H and O–H groups in total. The van der Waals surface area contributed by atoms with Gasteiger partial charge in [-0.05, 0) is 43.5 Å². The molecule has 0 saturated carbocycles. The Morgan fingerprint density at radius 2 is 2.00 bits per heavy atom. The average molecular weight is 388 g/mol. The summed E-state index contributed by atoms with van der Waals surface area (Å²) in [7, 11) is 0. The van der Waals surface area contributed by atoms with Gasteiger partial charge in [0.15, 0.2) is 6.17 Å². The maximum atomic E-state index is 13.3. The van der Waals surface area contributed by atoms with Gasteiger partial charge in [-0.2, -0.15) is 5.26 Å². The van der Waals surface area contributed by atoms with Crippen molar-refractivity contribution in [2.45, 2.75) is 44.3 Å². The van der Waals surface area contributed by atoms with E-state index in [0.29, 0.717) is 43.7 Å². The molecule has 1 saturated heterocycles. The largest absolute Gasteiger partial charge is 0.381 e. The molecule has 0 radical (unpaired) electrons. The van der Waals surface area contributed by atoms with Crippen molar-refractivity contribution in [2.24, 2.45) is 5.73 Å². The summed E-state index contributed by atoms with van der Waals surface area (Å²) in [6.07, 6.45) is -0.0667. The molecule has 28 heavy (non-hydrogen) atoms. The molecule has 1 aromatic carbocycles. The van der Waals surface area contributed by atoms with Gasteiger partial charge in [-0.25, -0.2) is 4.39 Å². The van der Waals surface area contributed by atoms with E-state index in [0.717, 1.165) is 4.90 Å². The van der Waals surface area contributed by atoms with Crippen LogP contribution in [0.25, 0.3) is 0 Å². The number of hydrogen-bond acceptors (Lipinski definition) is 5. The molecule has 2 rings (SSSR count). The number of ether oxygens (including phenoxy) is 1. The van der Waals surface area contributed by atoms with E-state index < -0.39 is 29.3 Å². The standard InChI is InChI=1S/C20H25FN4O3/c1-3-14(2)12-18(26)25(16-6-4-15(21)5-7-16)17(13-22)24-19(27)20(23)8-10-28-11-9-20/h4-7,17H,2-3,8-12,23H2,1H3,(H,24,27). The minimum absolute atomic E-state index is 0.00351. The van der Waals surface area contributed by atoms with Crippen LogP contribution >= 0.6 is 0 Å². The number of nitriles is 1. The number of anilines is 1. The number of carbonyl (C=O) groups is 2. The summed E-state index contributed by atoms with van der Waals surface area (Å²) < 4.78 is 18.6. The molecule has 1 aromatic rings. The molecule has 7 nitrogen and oxygen atoms in total. The first-order chi connectivity index (χ1) is 13.3. The van der Waals surface area contributed by atoms with E-state index in [2.05, 4.69) is 11.9 Å². The van der Waals surface area contributed by atoms with Crippen LogP contribution in [0.5, 0.6) is 0 Å². The number of hydrogen-bond donors (Lipinski definition) is 2. The van der Waals surface area contributed by atoms with E-state index in [1.54, 1.807) is 0 Å². The molecule has 1 fully saturated rings. The minimum Gasteiger partial charge on any atom is -0.381 e. The maximum absolute atomic E-state index is 13.3. The number of amides is 2. The number of benzene rings is 1. The molecule has 2 amide bonds. The highest BCUT2D eigenvalue weighted by atomic mass is 19.1. The molecule has 1 aliphatic rings. The number of carbonyl (C=O) groups excluding carboxylic acids is 2. The summed E-state index contributed by atoms with van der Waals surface area (Å²) in [5, 5.41) is 12.2. The molecule has 1 heterocycles. The van der Waals surface area contributed by atoms with Crippen LogP contribution in [0.15, 0.2) is 36.4 Å². The Balaban J connectivity index is 2.29. The quantitative estimate of drug-likeness (QED) is 0.548. The van der Waals surface area contributed by atoms with Crippen molar-refractivity contribution in [1.82, 2.24) is 5.32 Å². The maximum Gasteiger partial charge on any atom is 0.242 e. The second-order valence-corrected chi connectivity index (χ2v) is 6.79. The van der Waals surface area contributed by atoms with Gasteiger partial charge >= 0.3 is 0 Å². The predicted molar refractivity (Wildman–Crippen MR) is 102 cm³/mol. The lowest BCUT2D eigenvalue weighted by molar-refractivity contribution is -0.130. The molecular weight excluding hydrogens is 363 g/mol. The highest BCUT2D eigenvalue weighted by molar-refractivity contribution is 5.97. The molecule has 1 aliphatic heterocycles. The van der Waals surface area contributed by atoms with Gasteiger partial charge in [-0.15, -0.1) is 0 Å². The van der Waals surface area contributed by atoms with Crippen molar-refractivity contribution in [3.8, 4) is 6.07 Å². The molecular formula is C20H25FN4O3. The summed E-state index contributed by atoms with van der Waals surface area (Å²) in [4.78, 5) is 26.7. The van der Waals surface area contributed by atoms with Crippen LogP contribution in [0.2, 0.25) is 0 Å². The lowest BCUT2D eigenvalue weighted by atomic mass is 9.90. The minimum atomic E-state index is -1.29. The molecule has 0 spiro atoms. The van der Waals surface area contributed by atoms with Gasteiger partial charge in [-0.1, -0.05) is 19.1 Å². The second-order valence-electron chi connectivity index (χ2n) is 6.79. The molecule has 0 aliphatic carbocycles. The van der Waals surface area contributed by atoms with E-state index in [-0.39, 0.29) is 6.42 Å². The van der Waals surface area contributed by atoms with Crippen molar-refractivity contribution in [3.05, 3.63) is 42.2 Å². The number of rotatable bonds is 7. The Morgan fingerprint density at radius 1 is 1.39 bits per heavy atom. The average Bonchev–Trinajstić information content (AvgIpc) is 2.69. The van der Waals surface area contributed by atoms with Crippen LogP contribution in [0.4, 0.5) is 10.1 Å². The summed E-state index contributed by atoms with van der Waals surface area (Å²) in [6.45, 7) is 6.38. The van der Waals surface area contributed by atoms with Gasteiger partial charge in [0, 0.05) is 25.3 Å². The van der Waals surface area contributed by atoms with Gasteiger partial charge in [0.25, 0.3) is 0 Å².